The Kier molecular flexibility index (Phi) is 7.96. The zero-order valence-electron chi connectivity index (χ0n) is 7.75. The van der Waals surface area contributed by atoms with E-state index < -0.39 is 0 Å². The molecule has 0 heterocycles. The fraction of sp³-hybridized carbons (Fsp3) is 0.500. The first kappa shape index (κ1) is 11.7. The van der Waals surface area contributed by atoms with Gasteiger partial charge in [0.15, 0.2) is 0 Å². The lowest BCUT2D eigenvalue weighted by Gasteiger charge is -1.90. The summed E-state index contributed by atoms with van der Waals surface area (Å²) in [7, 11) is 1.52. The first-order valence-corrected chi connectivity index (χ1v) is 4.14. The van der Waals surface area contributed by atoms with Crippen LogP contribution in [0.5, 0.6) is 0 Å². The second-order valence-electron chi connectivity index (χ2n) is 2.41. The third-order valence-corrected chi connectivity index (χ3v) is 1.31. The minimum atomic E-state index is -0.103. The molecule has 0 saturated carbocycles. The summed E-state index contributed by atoms with van der Waals surface area (Å²) in [5.74, 6) is 4.88. The Labute approximate surface area is 78.4 Å². The summed E-state index contributed by atoms with van der Waals surface area (Å²) in [5, 5.41) is 8.45. The van der Waals surface area contributed by atoms with E-state index in [1.807, 2.05) is 0 Å². The lowest BCUT2D eigenvalue weighted by Crippen LogP contribution is -1.93. The van der Waals surface area contributed by atoms with E-state index in [0.717, 1.165) is 0 Å². The zero-order chi connectivity index (χ0) is 9.94. The van der Waals surface area contributed by atoms with Crippen LogP contribution in [-0.2, 0) is 9.53 Å². The largest absolute Gasteiger partial charge is 0.504 e. The van der Waals surface area contributed by atoms with Crippen molar-refractivity contribution in [3.8, 4) is 11.8 Å². The summed E-state index contributed by atoms with van der Waals surface area (Å²) >= 11 is 0. The van der Waals surface area contributed by atoms with Crippen LogP contribution in [0.2, 0.25) is 0 Å². The molecule has 0 aliphatic rings. The smallest absolute Gasteiger partial charge is 0.205 e. The fourth-order valence-electron chi connectivity index (χ4n) is 0.684. The number of aliphatic hydroxyl groups is 1. The van der Waals surface area contributed by atoms with Crippen LogP contribution in [0.4, 0.5) is 0 Å². The minimum absolute atomic E-state index is 0.103. The van der Waals surface area contributed by atoms with E-state index in [9.17, 15) is 4.79 Å². The maximum absolute atomic E-state index is 11.0. The van der Waals surface area contributed by atoms with Gasteiger partial charge in [-0.1, -0.05) is 5.92 Å². The molecular weight excluding hydrogens is 168 g/mol. The number of ketones is 1. The highest BCUT2D eigenvalue weighted by Gasteiger charge is 1.94. The van der Waals surface area contributed by atoms with Gasteiger partial charge in [-0.2, -0.15) is 0 Å². The van der Waals surface area contributed by atoms with Crippen LogP contribution in [0.3, 0.4) is 0 Å². The normalized spacial score (nSPS) is 9.38. The van der Waals surface area contributed by atoms with Gasteiger partial charge in [0.2, 0.25) is 5.78 Å². The Morgan fingerprint density at radius 2 is 2.31 bits per heavy atom. The highest BCUT2D eigenvalue weighted by Crippen LogP contribution is 1.94. The Morgan fingerprint density at radius 3 is 2.92 bits per heavy atom. The topological polar surface area (TPSA) is 46.5 Å². The third kappa shape index (κ3) is 8.64. The monoisotopic (exact) mass is 182 g/mol. The number of hydrogen-bond donors (Lipinski definition) is 1. The summed E-state index contributed by atoms with van der Waals surface area (Å²) in [5.41, 5.74) is 0. The lowest BCUT2D eigenvalue weighted by atomic mass is 10.2. The van der Waals surface area contributed by atoms with Gasteiger partial charge in [-0.05, 0) is 18.8 Å². The predicted octanol–water partition coefficient (Wildman–Crippen LogP) is 0.882. The number of carbonyl (C=O) groups is 1. The molecule has 0 fully saturated rings. The molecule has 72 valence electrons. The molecule has 0 saturated heterocycles. The van der Waals surface area contributed by atoms with E-state index in [4.69, 9.17) is 5.11 Å². The summed E-state index contributed by atoms with van der Waals surface area (Å²) < 4.78 is 4.59. The Balaban J connectivity index is 3.58. The first-order chi connectivity index (χ1) is 6.31. The van der Waals surface area contributed by atoms with Crippen molar-refractivity contribution in [2.45, 2.75) is 19.3 Å². The average Bonchev–Trinajstić information content (AvgIpc) is 2.13. The van der Waals surface area contributed by atoms with Crippen molar-refractivity contribution in [1.29, 1.82) is 0 Å². The van der Waals surface area contributed by atoms with Crippen molar-refractivity contribution in [3.63, 3.8) is 0 Å². The molecule has 0 rings (SSSR count). The standard InChI is InChI=1S/C10H14O3/c1-13-9-5-3-7-10(12)6-2-4-8-11/h5,9,11H,2,4,6,8H2,1H3. The summed E-state index contributed by atoms with van der Waals surface area (Å²) in [6.07, 6.45) is 4.64. The Hall–Kier alpha value is -1.27. The van der Waals surface area contributed by atoms with Gasteiger partial charge in [-0.3, -0.25) is 4.79 Å². The van der Waals surface area contributed by atoms with Crippen LogP contribution in [0, 0.1) is 11.8 Å². The van der Waals surface area contributed by atoms with Gasteiger partial charge in [-0.25, -0.2) is 0 Å². The molecule has 0 radical (unpaired) electrons. The molecule has 3 heteroatoms. The highest BCUT2D eigenvalue weighted by atomic mass is 16.5. The van der Waals surface area contributed by atoms with Crippen LogP contribution in [0.25, 0.3) is 0 Å². The Bertz CT molecular complexity index is 220. The van der Waals surface area contributed by atoms with Gasteiger partial charge in [0.1, 0.15) is 0 Å². The molecular formula is C10H14O3. The highest BCUT2D eigenvalue weighted by molar-refractivity contribution is 5.95. The molecule has 1 N–H and O–H groups in total. The molecule has 0 unspecified atom stereocenters. The van der Waals surface area contributed by atoms with E-state index in [1.54, 1.807) is 0 Å². The van der Waals surface area contributed by atoms with Crippen molar-refractivity contribution in [1.82, 2.24) is 0 Å². The molecule has 3 nitrogen and oxygen atoms in total. The molecule has 0 aromatic carbocycles. The molecule has 0 bridgehead atoms. The summed E-state index contributed by atoms with van der Waals surface area (Å²) in [4.78, 5) is 11.0. The summed E-state index contributed by atoms with van der Waals surface area (Å²) in [6, 6.07) is 0. The lowest BCUT2D eigenvalue weighted by molar-refractivity contribution is -0.113. The Morgan fingerprint density at radius 1 is 1.54 bits per heavy atom. The second kappa shape index (κ2) is 8.82. The number of aliphatic hydroxyl groups excluding tert-OH is 1. The number of carbonyl (C=O) groups excluding carboxylic acids is 1. The number of rotatable bonds is 5. The van der Waals surface area contributed by atoms with E-state index in [1.165, 1.54) is 19.4 Å². The fourth-order valence-corrected chi connectivity index (χ4v) is 0.684. The number of unbranched alkanes of at least 4 members (excludes halogenated alkanes) is 1. The molecule has 0 aliphatic heterocycles. The van der Waals surface area contributed by atoms with Crippen molar-refractivity contribution < 1.29 is 14.6 Å². The predicted molar refractivity (Wildman–Crippen MR) is 49.9 cm³/mol. The maximum Gasteiger partial charge on any atom is 0.205 e. The van der Waals surface area contributed by atoms with Crippen LogP contribution in [0.15, 0.2) is 12.3 Å². The quantitative estimate of drug-likeness (QED) is 0.297. The first-order valence-electron chi connectivity index (χ1n) is 4.14. The van der Waals surface area contributed by atoms with Gasteiger partial charge in [0.25, 0.3) is 0 Å². The number of methoxy groups -OCH3 is 1. The van der Waals surface area contributed by atoms with Crippen molar-refractivity contribution in [2.24, 2.45) is 0 Å². The minimum Gasteiger partial charge on any atom is -0.504 e. The number of Topliss-reactive ketones (excluding diaryl/α,β-unsaturated/α-hetero) is 1. The van der Waals surface area contributed by atoms with E-state index in [0.29, 0.717) is 19.3 Å². The van der Waals surface area contributed by atoms with E-state index in [2.05, 4.69) is 16.6 Å². The van der Waals surface area contributed by atoms with Gasteiger partial charge >= 0.3 is 0 Å². The SMILES string of the molecule is COC=CC#CC(=O)CCCCO. The molecule has 0 atom stereocenters. The van der Waals surface area contributed by atoms with Gasteiger partial charge in [0.05, 0.1) is 13.4 Å². The maximum atomic E-state index is 11.0. The van der Waals surface area contributed by atoms with E-state index in [-0.39, 0.29) is 12.4 Å². The van der Waals surface area contributed by atoms with Crippen molar-refractivity contribution in [3.05, 3.63) is 12.3 Å². The molecule has 0 aliphatic carbocycles. The molecule has 0 aromatic heterocycles. The van der Waals surface area contributed by atoms with E-state index >= 15 is 0 Å². The molecule has 0 spiro atoms. The van der Waals surface area contributed by atoms with Crippen LogP contribution in [-0.4, -0.2) is 24.6 Å². The third-order valence-electron chi connectivity index (χ3n) is 1.31. The number of ether oxygens (including phenoxy) is 1. The number of hydrogen-bond acceptors (Lipinski definition) is 3. The van der Waals surface area contributed by atoms with Crippen LogP contribution >= 0.6 is 0 Å². The molecule has 0 amide bonds. The zero-order valence-corrected chi connectivity index (χ0v) is 7.75. The van der Waals surface area contributed by atoms with Crippen molar-refractivity contribution in [2.75, 3.05) is 13.7 Å². The van der Waals surface area contributed by atoms with Crippen LogP contribution < -0.4 is 0 Å². The van der Waals surface area contributed by atoms with Gasteiger partial charge in [-0.15, -0.1) is 0 Å². The number of allylic oxidation sites excluding steroid dienone is 1. The average molecular weight is 182 g/mol. The van der Waals surface area contributed by atoms with Gasteiger partial charge in [0, 0.05) is 19.1 Å². The molecule has 0 aromatic rings. The van der Waals surface area contributed by atoms with Gasteiger partial charge < -0.3 is 9.84 Å². The van der Waals surface area contributed by atoms with Crippen molar-refractivity contribution >= 4 is 5.78 Å². The summed E-state index contributed by atoms with van der Waals surface area (Å²) in [6.45, 7) is 0.129. The van der Waals surface area contributed by atoms with Crippen LogP contribution in [0.1, 0.15) is 19.3 Å². The molecule has 13 heavy (non-hydrogen) atoms. The second-order valence-corrected chi connectivity index (χ2v) is 2.41.